The summed E-state index contributed by atoms with van der Waals surface area (Å²) in [6.07, 6.45) is 7.63. The van der Waals surface area contributed by atoms with E-state index in [9.17, 15) is 0 Å². The summed E-state index contributed by atoms with van der Waals surface area (Å²) < 4.78 is 7.65. The molecule has 1 saturated heterocycles. The summed E-state index contributed by atoms with van der Waals surface area (Å²) in [5.41, 5.74) is 2.56. The highest BCUT2D eigenvalue weighted by Crippen LogP contribution is 2.20. The minimum absolute atomic E-state index is 0.491. The van der Waals surface area contributed by atoms with Crippen LogP contribution in [-0.4, -0.2) is 50.4 Å². The predicted octanol–water partition coefficient (Wildman–Crippen LogP) is 1.28. The van der Waals surface area contributed by atoms with Crippen LogP contribution in [0, 0.1) is 0 Å². The Kier molecular flexibility index (Phi) is 4.21. The third kappa shape index (κ3) is 3.35. The van der Waals surface area contributed by atoms with Gasteiger partial charge in [0.1, 0.15) is 12.1 Å². The molecular weight excluding hydrogens is 292 g/mol. The summed E-state index contributed by atoms with van der Waals surface area (Å²) in [5.74, 6) is 0.918. The van der Waals surface area contributed by atoms with Crippen LogP contribution in [0.5, 0.6) is 0 Å². The molecule has 4 rings (SSSR count). The lowest BCUT2D eigenvalue weighted by Gasteiger charge is -2.32. The maximum absolute atomic E-state index is 5.57. The Morgan fingerprint density at radius 2 is 2.17 bits per heavy atom. The molecule has 0 saturated carbocycles. The molecule has 7 heteroatoms. The van der Waals surface area contributed by atoms with E-state index in [1.54, 1.807) is 12.5 Å². The van der Waals surface area contributed by atoms with Gasteiger partial charge in [-0.2, -0.15) is 5.10 Å². The summed E-state index contributed by atoms with van der Waals surface area (Å²) in [6, 6.07) is 2.41. The van der Waals surface area contributed by atoms with Gasteiger partial charge in [0.05, 0.1) is 31.6 Å². The van der Waals surface area contributed by atoms with Gasteiger partial charge in [-0.3, -0.25) is 9.58 Å². The molecule has 2 aliphatic rings. The number of hydrogen-bond acceptors (Lipinski definition) is 6. The summed E-state index contributed by atoms with van der Waals surface area (Å²) in [7, 11) is 0. The van der Waals surface area contributed by atoms with E-state index in [-0.39, 0.29) is 0 Å². The van der Waals surface area contributed by atoms with Crippen molar-refractivity contribution in [2.45, 2.75) is 38.6 Å². The van der Waals surface area contributed by atoms with E-state index in [1.807, 2.05) is 12.3 Å². The highest BCUT2D eigenvalue weighted by atomic mass is 16.5. The van der Waals surface area contributed by atoms with Crippen molar-refractivity contribution in [2.75, 3.05) is 25.0 Å². The largest absolute Gasteiger partial charge is 0.373 e. The van der Waals surface area contributed by atoms with E-state index in [0.717, 1.165) is 51.4 Å². The molecule has 0 radical (unpaired) electrons. The quantitative estimate of drug-likeness (QED) is 0.917. The van der Waals surface area contributed by atoms with E-state index in [1.165, 1.54) is 11.3 Å². The number of fused-ring (bicyclic) bond motifs is 1. The second kappa shape index (κ2) is 6.64. The van der Waals surface area contributed by atoms with Crippen molar-refractivity contribution in [1.29, 1.82) is 0 Å². The Hall–Kier alpha value is -1.99. The lowest BCUT2D eigenvalue weighted by atomic mass is 10.0. The molecule has 2 aliphatic heterocycles. The van der Waals surface area contributed by atoms with Gasteiger partial charge in [0, 0.05) is 37.4 Å². The van der Waals surface area contributed by atoms with Gasteiger partial charge in [0.15, 0.2) is 0 Å². The maximum atomic E-state index is 5.57. The molecule has 0 aromatic carbocycles. The van der Waals surface area contributed by atoms with E-state index in [4.69, 9.17) is 4.74 Å². The highest BCUT2D eigenvalue weighted by Gasteiger charge is 2.22. The third-order valence-corrected chi connectivity index (χ3v) is 4.64. The van der Waals surface area contributed by atoms with Crippen LogP contribution in [-0.2, 0) is 24.4 Å². The average molecular weight is 314 g/mol. The second-order valence-electron chi connectivity index (χ2n) is 6.18. The van der Waals surface area contributed by atoms with Crippen molar-refractivity contribution in [3.8, 4) is 0 Å². The van der Waals surface area contributed by atoms with Crippen molar-refractivity contribution in [2.24, 2.45) is 0 Å². The molecule has 4 heterocycles. The predicted molar refractivity (Wildman–Crippen MR) is 85.8 cm³/mol. The average Bonchev–Trinajstić information content (AvgIpc) is 3.01. The normalized spacial score (nSPS) is 19.5. The fourth-order valence-electron chi connectivity index (χ4n) is 3.32. The van der Waals surface area contributed by atoms with Gasteiger partial charge in [-0.15, -0.1) is 0 Å². The Morgan fingerprint density at radius 1 is 1.26 bits per heavy atom. The number of anilines is 1. The zero-order valence-corrected chi connectivity index (χ0v) is 13.2. The molecule has 1 N–H and O–H groups in total. The minimum atomic E-state index is 0.491. The molecular formula is C16H22N6O. The van der Waals surface area contributed by atoms with Crippen LogP contribution < -0.4 is 5.32 Å². The van der Waals surface area contributed by atoms with Crippen molar-refractivity contribution < 1.29 is 4.74 Å². The van der Waals surface area contributed by atoms with E-state index in [2.05, 4.69) is 30.0 Å². The molecule has 0 aliphatic carbocycles. The number of ether oxygens (including phenoxy) is 1. The van der Waals surface area contributed by atoms with E-state index >= 15 is 0 Å². The number of nitrogens with one attached hydrogen (secondary N) is 1. The number of likely N-dealkylation sites (tertiary alicyclic amines) is 1. The van der Waals surface area contributed by atoms with Crippen molar-refractivity contribution in [3.05, 3.63) is 36.0 Å². The van der Waals surface area contributed by atoms with Gasteiger partial charge in [0.25, 0.3) is 0 Å². The number of piperidine rings is 1. The zero-order valence-electron chi connectivity index (χ0n) is 13.2. The first-order chi connectivity index (χ1) is 11.4. The number of aromatic nitrogens is 4. The number of rotatable bonds is 4. The lowest BCUT2D eigenvalue weighted by molar-refractivity contribution is 0.0785. The topological polar surface area (TPSA) is 68.1 Å². The maximum Gasteiger partial charge on any atom is 0.129 e. The van der Waals surface area contributed by atoms with Gasteiger partial charge in [-0.05, 0) is 18.9 Å². The molecule has 0 unspecified atom stereocenters. The van der Waals surface area contributed by atoms with Crippen LogP contribution in [0.25, 0.3) is 0 Å². The monoisotopic (exact) mass is 314 g/mol. The van der Waals surface area contributed by atoms with Gasteiger partial charge in [-0.1, -0.05) is 0 Å². The van der Waals surface area contributed by atoms with Crippen LogP contribution in [0.2, 0.25) is 0 Å². The van der Waals surface area contributed by atoms with Crippen molar-refractivity contribution >= 4 is 5.82 Å². The minimum Gasteiger partial charge on any atom is -0.373 e. The van der Waals surface area contributed by atoms with Gasteiger partial charge in [-0.25, -0.2) is 9.97 Å². The second-order valence-corrected chi connectivity index (χ2v) is 6.18. The molecule has 0 bridgehead atoms. The van der Waals surface area contributed by atoms with Gasteiger partial charge < -0.3 is 10.1 Å². The van der Waals surface area contributed by atoms with Crippen molar-refractivity contribution in [1.82, 2.24) is 24.6 Å². The van der Waals surface area contributed by atoms with Gasteiger partial charge >= 0.3 is 0 Å². The first-order valence-electron chi connectivity index (χ1n) is 8.25. The van der Waals surface area contributed by atoms with Crippen LogP contribution >= 0.6 is 0 Å². The van der Waals surface area contributed by atoms with E-state index < -0.39 is 0 Å². The SMILES string of the molecule is c1cc(NC2CCN(Cc3cnn4c3COCC4)CC2)ncn1. The molecule has 23 heavy (non-hydrogen) atoms. The fraction of sp³-hybridized carbons (Fsp3) is 0.562. The lowest BCUT2D eigenvalue weighted by Crippen LogP contribution is -2.39. The Labute approximate surface area is 135 Å². The smallest absolute Gasteiger partial charge is 0.129 e. The van der Waals surface area contributed by atoms with E-state index in [0.29, 0.717) is 12.6 Å². The first-order valence-corrected chi connectivity index (χ1v) is 8.25. The zero-order chi connectivity index (χ0) is 15.5. The molecule has 0 atom stereocenters. The van der Waals surface area contributed by atoms with Crippen molar-refractivity contribution in [3.63, 3.8) is 0 Å². The third-order valence-electron chi connectivity index (χ3n) is 4.64. The standard InChI is InChI=1S/C16H22N6O/c1-4-17-12-18-16(1)20-14-2-5-21(6-3-14)10-13-9-19-22-7-8-23-11-15(13)22/h1,4,9,12,14H,2-3,5-8,10-11H2,(H,17,18,20). The summed E-state index contributed by atoms with van der Waals surface area (Å²) >= 11 is 0. The molecule has 1 fully saturated rings. The van der Waals surface area contributed by atoms with Crippen LogP contribution in [0.4, 0.5) is 5.82 Å². The molecule has 2 aromatic rings. The first kappa shape index (κ1) is 14.6. The summed E-state index contributed by atoms with van der Waals surface area (Å²) in [5, 5.41) is 7.97. The number of hydrogen-bond donors (Lipinski definition) is 1. The molecule has 122 valence electrons. The summed E-state index contributed by atoms with van der Waals surface area (Å²) in [4.78, 5) is 10.7. The highest BCUT2D eigenvalue weighted by molar-refractivity contribution is 5.33. The number of nitrogens with zero attached hydrogens (tertiary/aromatic N) is 5. The van der Waals surface area contributed by atoms with Crippen LogP contribution in [0.15, 0.2) is 24.8 Å². The molecule has 7 nitrogen and oxygen atoms in total. The van der Waals surface area contributed by atoms with Crippen LogP contribution in [0.1, 0.15) is 24.1 Å². The fourth-order valence-corrected chi connectivity index (χ4v) is 3.32. The summed E-state index contributed by atoms with van der Waals surface area (Å²) in [6.45, 7) is 5.50. The molecule has 0 spiro atoms. The Morgan fingerprint density at radius 3 is 3.00 bits per heavy atom. The van der Waals surface area contributed by atoms with Crippen LogP contribution in [0.3, 0.4) is 0 Å². The van der Waals surface area contributed by atoms with Gasteiger partial charge in [0.2, 0.25) is 0 Å². The molecule has 2 aromatic heterocycles. The Balaban J connectivity index is 1.31. The molecule has 0 amide bonds. The Bertz CT molecular complexity index is 635.